The van der Waals surface area contributed by atoms with Gasteiger partial charge in [-0.1, -0.05) is 6.07 Å². The zero-order chi connectivity index (χ0) is 15.6. The summed E-state index contributed by atoms with van der Waals surface area (Å²) in [7, 11) is 0. The Morgan fingerprint density at radius 2 is 1.81 bits per heavy atom. The summed E-state index contributed by atoms with van der Waals surface area (Å²) in [5, 5.41) is 10.7. The lowest BCUT2D eigenvalue weighted by molar-refractivity contribution is 0.0691. The van der Waals surface area contributed by atoms with Gasteiger partial charge in [-0.15, -0.1) is 0 Å². The number of halogens is 3. The number of nitrogens with zero attached hydrogens (tertiary/aromatic N) is 1. The Kier molecular flexibility index (Phi) is 3.88. The van der Waals surface area contributed by atoms with Gasteiger partial charge in [0.25, 0.3) is 5.91 Å². The highest BCUT2D eigenvalue weighted by atomic mass is 19.1. The molecule has 0 aliphatic carbocycles. The van der Waals surface area contributed by atoms with Gasteiger partial charge < -0.3 is 10.4 Å². The van der Waals surface area contributed by atoms with Crippen LogP contribution in [-0.2, 0) is 0 Å². The van der Waals surface area contributed by atoms with Gasteiger partial charge in [0, 0.05) is 6.07 Å². The molecule has 1 heterocycles. The predicted molar refractivity (Wildman–Crippen MR) is 65.5 cm³/mol. The van der Waals surface area contributed by atoms with Gasteiger partial charge in [0.1, 0.15) is 17.3 Å². The molecule has 0 saturated heterocycles. The summed E-state index contributed by atoms with van der Waals surface area (Å²) in [6, 6.07) is 4.37. The first-order valence-electron chi connectivity index (χ1n) is 5.54. The standard InChI is InChI=1S/C13H7F3N2O3/c14-7-5-8(15)10(4-6(7)13(20)21)18-12(19)9-2-1-3-11(16)17-9/h1-5H,(H,18,19)(H,20,21). The molecule has 2 aromatic rings. The molecular formula is C13H7F3N2O3. The zero-order valence-electron chi connectivity index (χ0n) is 10.2. The monoisotopic (exact) mass is 296 g/mol. The molecule has 0 atom stereocenters. The molecule has 1 aromatic carbocycles. The molecule has 0 bridgehead atoms. The van der Waals surface area contributed by atoms with Gasteiger partial charge in [0.05, 0.1) is 11.3 Å². The average Bonchev–Trinajstić information content (AvgIpc) is 2.41. The molecule has 2 N–H and O–H groups in total. The average molecular weight is 296 g/mol. The van der Waals surface area contributed by atoms with Crippen LogP contribution in [0.25, 0.3) is 0 Å². The molecule has 0 spiro atoms. The molecule has 0 aliphatic heterocycles. The fourth-order valence-corrected chi connectivity index (χ4v) is 1.53. The number of carboxylic acids is 1. The number of benzene rings is 1. The van der Waals surface area contributed by atoms with Crippen molar-refractivity contribution < 1.29 is 27.9 Å². The third kappa shape index (κ3) is 3.16. The first-order chi connectivity index (χ1) is 9.88. The van der Waals surface area contributed by atoms with Gasteiger partial charge >= 0.3 is 5.97 Å². The summed E-state index contributed by atoms with van der Waals surface area (Å²) in [6.07, 6.45) is 0. The Labute approximate surface area is 116 Å². The predicted octanol–water partition coefficient (Wildman–Crippen LogP) is 2.45. The van der Waals surface area contributed by atoms with E-state index in [4.69, 9.17) is 5.11 Å². The maximum atomic E-state index is 13.5. The molecule has 1 aromatic heterocycles. The summed E-state index contributed by atoms with van der Waals surface area (Å²) in [6.45, 7) is 0. The van der Waals surface area contributed by atoms with E-state index in [9.17, 15) is 22.8 Å². The van der Waals surface area contributed by atoms with Crippen LogP contribution in [0.5, 0.6) is 0 Å². The largest absolute Gasteiger partial charge is 0.478 e. The molecule has 5 nitrogen and oxygen atoms in total. The summed E-state index contributed by atoms with van der Waals surface area (Å²) >= 11 is 0. The van der Waals surface area contributed by atoms with E-state index in [1.807, 2.05) is 5.32 Å². The first kappa shape index (κ1) is 14.5. The molecule has 0 radical (unpaired) electrons. The Hall–Kier alpha value is -2.90. The molecule has 0 unspecified atom stereocenters. The molecule has 21 heavy (non-hydrogen) atoms. The van der Waals surface area contributed by atoms with E-state index in [2.05, 4.69) is 4.98 Å². The van der Waals surface area contributed by atoms with Crippen LogP contribution in [0.3, 0.4) is 0 Å². The number of anilines is 1. The van der Waals surface area contributed by atoms with Crippen molar-refractivity contribution in [3.63, 3.8) is 0 Å². The van der Waals surface area contributed by atoms with E-state index in [1.165, 1.54) is 12.1 Å². The summed E-state index contributed by atoms with van der Waals surface area (Å²) in [5.74, 6) is -5.93. The van der Waals surface area contributed by atoms with Crippen molar-refractivity contribution in [1.82, 2.24) is 4.98 Å². The number of carbonyl (C=O) groups is 2. The van der Waals surface area contributed by atoms with Crippen LogP contribution in [0.15, 0.2) is 30.3 Å². The van der Waals surface area contributed by atoms with E-state index < -0.39 is 40.7 Å². The molecule has 0 aliphatic rings. The van der Waals surface area contributed by atoms with Crippen molar-refractivity contribution in [2.75, 3.05) is 5.32 Å². The minimum absolute atomic E-state index is 0.331. The van der Waals surface area contributed by atoms with Crippen molar-refractivity contribution in [3.8, 4) is 0 Å². The number of carboxylic acid groups (broad SMARTS) is 1. The lowest BCUT2D eigenvalue weighted by Crippen LogP contribution is -2.16. The van der Waals surface area contributed by atoms with Gasteiger partial charge in [-0.3, -0.25) is 4.79 Å². The van der Waals surface area contributed by atoms with Crippen LogP contribution in [0.4, 0.5) is 18.9 Å². The fourth-order valence-electron chi connectivity index (χ4n) is 1.53. The molecule has 0 fully saturated rings. The smallest absolute Gasteiger partial charge is 0.338 e. The maximum absolute atomic E-state index is 13.5. The number of hydrogen-bond acceptors (Lipinski definition) is 3. The van der Waals surface area contributed by atoms with Crippen LogP contribution in [-0.4, -0.2) is 22.0 Å². The normalized spacial score (nSPS) is 10.2. The Bertz CT molecular complexity index is 735. The highest BCUT2D eigenvalue weighted by Crippen LogP contribution is 2.20. The molecule has 2 rings (SSSR count). The van der Waals surface area contributed by atoms with Gasteiger partial charge in [-0.2, -0.15) is 4.39 Å². The van der Waals surface area contributed by atoms with Crippen molar-refractivity contribution >= 4 is 17.6 Å². The van der Waals surface area contributed by atoms with E-state index in [-0.39, 0.29) is 5.69 Å². The van der Waals surface area contributed by atoms with E-state index in [0.717, 1.165) is 6.07 Å². The second kappa shape index (κ2) is 5.61. The van der Waals surface area contributed by atoms with Crippen LogP contribution in [0.2, 0.25) is 0 Å². The van der Waals surface area contributed by atoms with Crippen molar-refractivity contribution in [3.05, 3.63) is 59.2 Å². The molecule has 1 amide bonds. The number of pyridine rings is 1. The number of rotatable bonds is 3. The number of nitrogens with one attached hydrogen (secondary N) is 1. The SMILES string of the molecule is O=C(Nc1cc(C(=O)O)c(F)cc1F)c1cccc(F)n1. The number of aromatic nitrogens is 1. The Morgan fingerprint density at radius 3 is 2.43 bits per heavy atom. The van der Waals surface area contributed by atoms with Crippen molar-refractivity contribution in [2.45, 2.75) is 0 Å². The minimum Gasteiger partial charge on any atom is -0.478 e. The third-order valence-electron chi connectivity index (χ3n) is 2.48. The van der Waals surface area contributed by atoms with Crippen molar-refractivity contribution in [2.24, 2.45) is 0 Å². The molecular weight excluding hydrogens is 289 g/mol. The van der Waals surface area contributed by atoms with Crippen LogP contribution < -0.4 is 5.32 Å². The molecule has 0 saturated carbocycles. The highest BCUT2D eigenvalue weighted by molar-refractivity contribution is 6.03. The number of hydrogen-bond donors (Lipinski definition) is 2. The first-order valence-corrected chi connectivity index (χ1v) is 5.54. The third-order valence-corrected chi connectivity index (χ3v) is 2.48. The van der Waals surface area contributed by atoms with Gasteiger partial charge in [0.15, 0.2) is 0 Å². The van der Waals surface area contributed by atoms with Crippen LogP contribution in [0.1, 0.15) is 20.8 Å². The van der Waals surface area contributed by atoms with E-state index >= 15 is 0 Å². The second-order valence-electron chi connectivity index (χ2n) is 3.92. The van der Waals surface area contributed by atoms with Gasteiger partial charge in [0.2, 0.25) is 5.95 Å². The zero-order valence-corrected chi connectivity index (χ0v) is 10.2. The number of aromatic carboxylic acids is 1. The Morgan fingerprint density at radius 1 is 1.10 bits per heavy atom. The van der Waals surface area contributed by atoms with Crippen molar-refractivity contribution in [1.29, 1.82) is 0 Å². The van der Waals surface area contributed by atoms with Gasteiger partial charge in [-0.25, -0.2) is 18.6 Å². The lowest BCUT2D eigenvalue weighted by Gasteiger charge is -2.08. The Balaban J connectivity index is 2.33. The number of carbonyl (C=O) groups excluding carboxylic acids is 1. The second-order valence-corrected chi connectivity index (χ2v) is 3.92. The summed E-state index contributed by atoms with van der Waals surface area (Å²) < 4.78 is 39.6. The van der Waals surface area contributed by atoms with Crippen LogP contribution in [0, 0.1) is 17.6 Å². The maximum Gasteiger partial charge on any atom is 0.338 e. The molecule has 108 valence electrons. The quantitative estimate of drug-likeness (QED) is 0.853. The molecule has 8 heteroatoms. The van der Waals surface area contributed by atoms with E-state index in [0.29, 0.717) is 12.1 Å². The van der Waals surface area contributed by atoms with E-state index in [1.54, 1.807) is 0 Å². The minimum atomic E-state index is -1.62. The fraction of sp³-hybridized carbons (Fsp3) is 0. The van der Waals surface area contributed by atoms with Gasteiger partial charge in [-0.05, 0) is 18.2 Å². The van der Waals surface area contributed by atoms with Crippen LogP contribution >= 0.6 is 0 Å². The topological polar surface area (TPSA) is 79.3 Å². The summed E-state index contributed by atoms with van der Waals surface area (Å²) in [5.41, 5.74) is -1.70. The highest BCUT2D eigenvalue weighted by Gasteiger charge is 2.17. The summed E-state index contributed by atoms with van der Waals surface area (Å²) in [4.78, 5) is 25.8. The number of amides is 1. The lowest BCUT2D eigenvalue weighted by atomic mass is 10.1.